The van der Waals surface area contributed by atoms with Gasteiger partial charge in [-0.3, -0.25) is 4.79 Å². The highest BCUT2D eigenvalue weighted by atomic mass is 35.5. The van der Waals surface area contributed by atoms with Crippen LogP contribution in [0.5, 0.6) is 0 Å². The predicted molar refractivity (Wildman–Crippen MR) is 107 cm³/mol. The first-order valence-electron chi connectivity index (χ1n) is 8.89. The minimum Gasteiger partial charge on any atom is -0.342 e. The third kappa shape index (κ3) is 5.89. The first-order chi connectivity index (χ1) is 12.0. The van der Waals surface area contributed by atoms with Crippen LogP contribution in [-0.4, -0.2) is 34.4 Å². The topological polar surface area (TPSA) is 37.4 Å². The van der Waals surface area contributed by atoms with Crippen molar-refractivity contribution < 1.29 is 9.59 Å². The molecule has 0 radical (unpaired) electrons. The number of ketones is 1. The molecule has 0 fully saturated rings. The molecule has 0 aliphatic carbocycles. The molecule has 1 amide bonds. The van der Waals surface area contributed by atoms with Gasteiger partial charge in [-0.05, 0) is 25.3 Å². The number of hydrogen-bond donors (Lipinski definition) is 0. The maximum absolute atomic E-state index is 13.0. The second-order valence-electron chi connectivity index (χ2n) is 6.38. The molecule has 0 saturated heterocycles. The lowest BCUT2D eigenvalue weighted by molar-refractivity contribution is -0.134. The number of hydrogen-bond acceptors (Lipinski definition) is 3. The Hall–Kier alpha value is -1.26. The molecule has 5 heteroatoms. The van der Waals surface area contributed by atoms with Crippen molar-refractivity contribution in [1.82, 2.24) is 4.90 Å². The number of alkyl halides is 1. The van der Waals surface area contributed by atoms with E-state index in [4.69, 9.17) is 11.6 Å². The fraction of sp³-hybridized carbons (Fsp3) is 0.500. The number of halogens is 1. The first-order valence-corrected chi connectivity index (χ1v) is 10.2. The van der Waals surface area contributed by atoms with Gasteiger partial charge in [0.15, 0.2) is 0 Å². The molecule has 25 heavy (non-hydrogen) atoms. The molecule has 0 saturated carbocycles. The number of carbonyl (C=O) groups is 2. The molecule has 2 rings (SSSR count). The second kappa shape index (κ2) is 10.0. The monoisotopic (exact) mass is 379 g/mol. The normalized spacial score (nSPS) is 19.6. The van der Waals surface area contributed by atoms with Crippen LogP contribution in [0.3, 0.4) is 0 Å². The molecular weight excluding hydrogens is 354 g/mol. The summed E-state index contributed by atoms with van der Waals surface area (Å²) in [4.78, 5) is 27.1. The van der Waals surface area contributed by atoms with Crippen molar-refractivity contribution in [3.63, 3.8) is 0 Å². The molecule has 0 bridgehead atoms. The highest BCUT2D eigenvalue weighted by molar-refractivity contribution is 8.10. The van der Waals surface area contributed by atoms with Crippen molar-refractivity contribution in [2.75, 3.05) is 13.1 Å². The van der Waals surface area contributed by atoms with E-state index in [-0.39, 0.29) is 22.3 Å². The fourth-order valence-corrected chi connectivity index (χ4v) is 4.38. The lowest BCUT2D eigenvalue weighted by Crippen LogP contribution is -2.38. The summed E-state index contributed by atoms with van der Waals surface area (Å²) in [5.74, 6) is -0.0627. The molecule has 0 N–H and O–H groups in total. The Bertz CT molecular complexity index is 617. The second-order valence-corrected chi connectivity index (χ2v) is 8.29. The molecule has 1 aliphatic heterocycles. The van der Waals surface area contributed by atoms with Gasteiger partial charge in [-0.15, -0.1) is 23.4 Å². The maximum Gasteiger partial charge on any atom is 0.231 e. The third-order valence-electron chi connectivity index (χ3n) is 4.25. The smallest absolute Gasteiger partial charge is 0.231 e. The van der Waals surface area contributed by atoms with Crippen molar-refractivity contribution in [3.8, 4) is 0 Å². The van der Waals surface area contributed by atoms with Gasteiger partial charge in [0, 0.05) is 24.4 Å². The molecule has 2 atom stereocenters. The van der Waals surface area contributed by atoms with Gasteiger partial charge in [0.1, 0.15) is 5.78 Å². The zero-order valence-electron chi connectivity index (χ0n) is 14.9. The molecule has 0 aromatic heterocycles. The van der Waals surface area contributed by atoms with E-state index in [1.165, 1.54) is 0 Å². The van der Waals surface area contributed by atoms with Gasteiger partial charge in [-0.2, -0.15) is 0 Å². The first kappa shape index (κ1) is 20.1. The van der Waals surface area contributed by atoms with Gasteiger partial charge < -0.3 is 9.69 Å². The largest absolute Gasteiger partial charge is 0.342 e. The number of carbonyl (C=O) groups excluding carboxylic acids is 2. The highest BCUT2D eigenvalue weighted by Gasteiger charge is 2.35. The average Bonchev–Trinajstić information content (AvgIpc) is 2.99. The average molecular weight is 380 g/mol. The Balaban J connectivity index is 2.08. The van der Waals surface area contributed by atoms with E-state index in [9.17, 15) is 9.59 Å². The van der Waals surface area contributed by atoms with Gasteiger partial charge >= 0.3 is 0 Å². The van der Waals surface area contributed by atoms with E-state index < -0.39 is 0 Å². The highest BCUT2D eigenvalue weighted by Crippen LogP contribution is 2.45. The Kier molecular flexibility index (Phi) is 8.04. The van der Waals surface area contributed by atoms with E-state index in [0.29, 0.717) is 19.4 Å². The van der Waals surface area contributed by atoms with Crippen LogP contribution in [0.25, 0.3) is 4.91 Å². The minimum atomic E-state index is -0.309. The number of unbranched alkanes of at least 4 members (excludes halogenated alkanes) is 1. The van der Waals surface area contributed by atoms with Crippen molar-refractivity contribution in [2.45, 2.75) is 44.2 Å². The summed E-state index contributed by atoms with van der Waals surface area (Å²) in [5, 5.41) is 0. The summed E-state index contributed by atoms with van der Waals surface area (Å²) in [6.45, 7) is 5.06. The number of benzene rings is 1. The fourth-order valence-electron chi connectivity index (χ4n) is 2.83. The summed E-state index contributed by atoms with van der Waals surface area (Å²) in [6, 6.07) is 10.0. The number of thioether (sulfide) groups is 1. The van der Waals surface area contributed by atoms with Crippen LogP contribution in [0, 0.1) is 5.92 Å². The van der Waals surface area contributed by atoms with Crippen LogP contribution < -0.4 is 0 Å². The summed E-state index contributed by atoms with van der Waals surface area (Å²) in [7, 11) is 0. The van der Waals surface area contributed by atoms with E-state index in [0.717, 1.165) is 29.9 Å². The molecule has 1 aromatic rings. The Morgan fingerprint density at radius 3 is 2.48 bits per heavy atom. The van der Waals surface area contributed by atoms with E-state index in [1.54, 1.807) is 18.7 Å². The van der Waals surface area contributed by atoms with Gasteiger partial charge in [0.25, 0.3) is 0 Å². The number of Topliss-reactive ketones (excluding diaryl/α,β-unsaturated/α-hetero) is 1. The Morgan fingerprint density at radius 1 is 1.16 bits per heavy atom. The van der Waals surface area contributed by atoms with Crippen LogP contribution in [-0.2, 0) is 9.59 Å². The quantitative estimate of drug-likeness (QED) is 0.569. The van der Waals surface area contributed by atoms with E-state index >= 15 is 0 Å². The van der Waals surface area contributed by atoms with Crippen LogP contribution in [0.4, 0.5) is 0 Å². The summed E-state index contributed by atoms with van der Waals surface area (Å²) < 4.78 is -0.278. The molecule has 1 heterocycles. The lowest BCUT2D eigenvalue weighted by atomic mass is 10.1. The van der Waals surface area contributed by atoms with E-state index in [2.05, 4.69) is 6.92 Å². The van der Waals surface area contributed by atoms with Crippen LogP contribution in [0.15, 0.2) is 36.4 Å². The number of rotatable bonds is 9. The Labute approximate surface area is 159 Å². The van der Waals surface area contributed by atoms with Crippen molar-refractivity contribution in [2.24, 2.45) is 5.92 Å². The van der Waals surface area contributed by atoms with Gasteiger partial charge in [0.2, 0.25) is 5.91 Å². The van der Waals surface area contributed by atoms with Crippen LogP contribution >= 0.6 is 23.4 Å². The number of nitrogens with zero attached hydrogens (tertiary/aromatic N) is 1. The zero-order valence-corrected chi connectivity index (χ0v) is 16.5. The molecular formula is C20H26ClNO2S. The zero-order chi connectivity index (χ0) is 18.2. The van der Waals surface area contributed by atoms with Crippen LogP contribution in [0.1, 0.15) is 45.1 Å². The van der Waals surface area contributed by atoms with E-state index in [1.807, 2.05) is 41.3 Å². The summed E-state index contributed by atoms with van der Waals surface area (Å²) in [6.07, 6.45) is 5.24. The van der Waals surface area contributed by atoms with Gasteiger partial charge in [0.05, 0.1) is 10.6 Å². The summed E-state index contributed by atoms with van der Waals surface area (Å²) >= 11 is 8.04. The maximum atomic E-state index is 13.0. The minimum absolute atomic E-state index is 0.0791. The third-order valence-corrected chi connectivity index (χ3v) is 5.93. The molecule has 136 valence electrons. The van der Waals surface area contributed by atoms with Gasteiger partial charge in [-0.25, -0.2) is 0 Å². The molecule has 3 nitrogen and oxygen atoms in total. The lowest BCUT2D eigenvalue weighted by Gasteiger charge is -2.26. The Morgan fingerprint density at radius 2 is 1.84 bits per heavy atom. The molecule has 1 aliphatic rings. The summed E-state index contributed by atoms with van der Waals surface area (Å²) in [5.41, 5.74) is 1.10. The van der Waals surface area contributed by atoms with Gasteiger partial charge in [-0.1, -0.05) is 49.8 Å². The molecule has 2 unspecified atom stereocenters. The number of amides is 1. The SMILES string of the molecule is CCCCN(CCCC(C)=O)C(=O)C1C=C(c2ccccc2)SC1Cl. The molecule has 1 aromatic carbocycles. The van der Waals surface area contributed by atoms with Crippen molar-refractivity contribution >= 4 is 40.0 Å². The standard InChI is InChI=1S/C20H26ClNO2S/c1-3-4-12-22(13-8-9-15(2)23)20(24)17-14-18(25-19(17)21)16-10-6-5-7-11-16/h5-7,10-11,14,17,19H,3-4,8-9,12-13H2,1-2H3. The van der Waals surface area contributed by atoms with Crippen molar-refractivity contribution in [1.29, 1.82) is 0 Å². The van der Waals surface area contributed by atoms with Crippen LogP contribution in [0.2, 0.25) is 0 Å². The molecule has 0 spiro atoms. The van der Waals surface area contributed by atoms with Crippen molar-refractivity contribution in [3.05, 3.63) is 42.0 Å². The predicted octanol–water partition coefficient (Wildman–Crippen LogP) is 4.95.